The van der Waals surface area contributed by atoms with Gasteiger partial charge < -0.3 is 14.5 Å². The molecule has 1 aliphatic heterocycles. The third-order valence-corrected chi connectivity index (χ3v) is 4.71. The minimum absolute atomic E-state index is 0.184. The summed E-state index contributed by atoms with van der Waals surface area (Å²) >= 11 is 1.60. The lowest BCUT2D eigenvalue weighted by Gasteiger charge is -2.33. The minimum Gasteiger partial charge on any atom is -0.465 e. The molecule has 25 heavy (non-hydrogen) atoms. The predicted molar refractivity (Wildman–Crippen MR) is 95.6 cm³/mol. The number of anilines is 1. The Morgan fingerprint density at radius 1 is 1.16 bits per heavy atom. The Morgan fingerprint density at radius 3 is 2.48 bits per heavy atom. The lowest BCUT2D eigenvalue weighted by Crippen LogP contribution is -2.48. The summed E-state index contributed by atoms with van der Waals surface area (Å²) in [5.41, 5.74) is 1.14. The SMILES string of the molecule is COC(=O)c1ccc(C#CC(=O)N2CCN(c3nccs3)CC2)cc1. The number of piperazine rings is 1. The number of hydrogen-bond acceptors (Lipinski definition) is 6. The van der Waals surface area contributed by atoms with Gasteiger partial charge in [0, 0.05) is 49.2 Å². The third-order valence-electron chi connectivity index (χ3n) is 3.88. The number of esters is 1. The molecule has 2 aromatic rings. The molecule has 0 spiro atoms. The van der Waals surface area contributed by atoms with E-state index in [1.807, 2.05) is 5.38 Å². The molecule has 0 unspecified atom stereocenters. The predicted octanol–water partition coefficient (Wildman–Crippen LogP) is 1.63. The molecule has 1 fully saturated rings. The van der Waals surface area contributed by atoms with E-state index in [2.05, 4.69) is 26.5 Å². The first kappa shape index (κ1) is 17.0. The molecule has 3 rings (SSSR count). The Kier molecular flexibility index (Phi) is 5.31. The average Bonchev–Trinajstić information content (AvgIpc) is 3.21. The number of carbonyl (C=O) groups excluding carboxylic acids is 2. The number of carbonyl (C=O) groups is 2. The summed E-state index contributed by atoms with van der Waals surface area (Å²) in [6.45, 7) is 2.78. The molecule has 6 nitrogen and oxygen atoms in total. The van der Waals surface area contributed by atoms with Crippen LogP contribution < -0.4 is 4.90 Å². The molecule has 128 valence electrons. The number of ether oxygens (including phenoxy) is 1. The van der Waals surface area contributed by atoms with Gasteiger partial charge in [-0.1, -0.05) is 5.92 Å². The maximum absolute atomic E-state index is 12.2. The smallest absolute Gasteiger partial charge is 0.337 e. The fourth-order valence-corrected chi connectivity index (χ4v) is 3.18. The number of hydrogen-bond donors (Lipinski definition) is 0. The summed E-state index contributed by atoms with van der Waals surface area (Å²) < 4.78 is 4.65. The van der Waals surface area contributed by atoms with Crippen LogP contribution in [0.2, 0.25) is 0 Å². The van der Waals surface area contributed by atoms with Crippen LogP contribution in [0.4, 0.5) is 5.13 Å². The normalized spacial score (nSPS) is 13.8. The summed E-state index contributed by atoms with van der Waals surface area (Å²) in [6, 6.07) is 6.67. The zero-order valence-electron chi connectivity index (χ0n) is 13.8. The van der Waals surface area contributed by atoms with Crippen molar-refractivity contribution < 1.29 is 14.3 Å². The van der Waals surface area contributed by atoms with Crippen LogP contribution in [0.15, 0.2) is 35.8 Å². The summed E-state index contributed by atoms with van der Waals surface area (Å²) in [6.07, 6.45) is 1.79. The van der Waals surface area contributed by atoms with Crippen LogP contribution in [0, 0.1) is 11.8 Å². The summed E-state index contributed by atoms with van der Waals surface area (Å²) in [7, 11) is 1.34. The monoisotopic (exact) mass is 355 g/mol. The van der Waals surface area contributed by atoms with Crippen molar-refractivity contribution in [3.05, 3.63) is 47.0 Å². The van der Waals surface area contributed by atoms with E-state index in [4.69, 9.17) is 0 Å². The van der Waals surface area contributed by atoms with Gasteiger partial charge >= 0.3 is 5.97 Å². The number of benzene rings is 1. The Labute approximate surface area is 150 Å². The van der Waals surface area contributed by atoms with Gasteiger partial charge in [-0.2, -0.15) is 0 Å². The first-order chi connectivity index (χ1) is 12.2. The first-order valence-corrected chi connectivity index (χ1v) is 8.69. The molecular weight excluding hydrogens is 338 g/mol. The van der Waals surface area contributed by atoms with Crippen molar-refractivity contribution in [2.45, 2.75) is 0 Å². The van der Waals surface area contributed by atoms with E-state index >= 15 is 0 Å². The highest BCUT2D eigenvalue weighted by Gasteiger charge is 2.21. The second kappa shape index (κ2) is 7.81. The zero-order valence-corrected chi connectivity index (χ0v) is 14.6. The quantitative estimate of drug-likeness (QED) is 0.605. The number of amides is 1. The number of rotatable bonds is 2. The van der Waals surface area contributed by atoms with E-state index in [1.54, 1.807) is 46.7 Å². The van der Waals surface area contributed by atoms with Gasteiger partial charge in [-0.05, 0) is 24.3 Å². The molecule has 0 bridgehead atoms. The summed E-state index contributed by atoms with van der Waals surface area (Å²) in [4.78, 5) is 31.8. The Balaban J connectivity index is 1.56. The molecule has 0 saturated carbocycles. The van der Waals surface area contributed by atoms with Crippen LogP contribution in [0.25, 0.3) is 0 Å². The van der Waals surface area contributed by atoms with Gasteiger partial charge in [-0.25, -0.2) is 9.78 Å². The lowest BCUT2D eigenvalue weighted by molar-refractivity contribution is -0.125. The number of methoxy groups -OCH3 is 1. The molecule has 7 heteroatoms. The van der Waals surface area contributed by atoms with Gasteiger partial charge in [0.25, 0.3) is 5.91 Å². The largest absolute Gasteiger partial charge is 0.465 e. The van der Waals surface area contributed by atoms with Gasteiger partial charge in [0.15, 0.2) is 5.13 Å². The number of nitrogens with zero attached hydrogens (tertiary/aromatic N) is 3. The second-order valence-corrected chi connectivity index (χ2v) is 6.29. The van der Waals surface area contributed by atoms with Gasteiger partial charge in [-0.3, -0.25) is 4.79 Å². The second-order valence-electron chi connectivity index (χ2n) is 5.41. The van der Waals surface area contributed by atoms with Crippen LogP contribution in [0.5, 0.6) is 0 Å². The van der Waals surface area contributed by atoms with Crippen molar-refractivity contribution >= 4 is 28.3 Å². The fourth-order valence-electron chi connectivity index (χ4n) is 2.49. The molecule has 0 radical (unpaired) electrons. The highest BCUT2D eigenvalue weighted by atomic mass is 32.1. The van der Waals surface area contributed by atoms with Crippen LogP contribution in [0.1, 0.15) is 15.9 Å². The van der Waals surface area contributed by atoms with Crippen molar-refractivity contribution in [3.63, 3.8) is 0 Å². The van der Waals surface area contributed by atoms with E-state index in [1.165, 1.54) is 7.11 Å². The zero-order chi connectivity index (χ0) is 17.6. The van der Waals surface area contributed by atoms with Crippen molar-refractivity contribution in [2.75, 3.05) is 38.2 Å². The van der Waals surface area contributed by atoms with E-state index < -0.39 is 5.97 Å². The van der Waals surface area contributed by atoms with Crippen LogP contribution in [-0.4, -0.2) is 55.0 Å². The topological polar surface area (TPSA) is 62.7 Å². The van der Waals surface area contributed by atoms with Crippen molar-refractivity contribution in [1.82, 2.24) is 9.88 Å². The number of aromatic nitrogens is 1. The summed E-state index contributed by atoms with van der Waals surface area (Å²) in [5, 5.41) is 2.94. The molecule has 0 atom stereocenters. The van der Waals surface area contributed by atoms with Crippen LogP contribution in [-0.2, 0) is 9.53 Å². The number of thiazole rings is 1. The van der Waals surface area contributed by atoms with Crippen molar-refractivity contribution in [2.24, 2.45) is 0 Å². The standard InChI is InChI=1S/C18H17N3O3S/c1-24-17(23)15-5-2-14(3-6-15)4-7-16(22)20-9-11-21(12-10-20)18-19-8-13-25-18/h2-3,5-6,8,13H,9-12H2,1H3. The van der Waals surface area contributed by atoms with E-state index in [0.717, 1.165) is 18.2 Å². The lowest BCUT2D eigenvalue weighted by atomic mass is 10.1. The van der Waals surface area contributed by atoms with Gasteiger partial charge in [-0.15, -0.1) is 11.3 Å². The maximum atomic E-state index is 12.2. The molecule has 1 saturated heterocycles. The highest BCUT2D eigenvalue weighted by Crippen LogP contribution is 2.18. The van der Waals surface area contributed by atoms with Gasteiger partial charge in [0.05, 0.1) is 12.7 Å². The van der Waals surface area contributed by atoms with E-state index in [9.17, 15) is 9.59 Å². The Morgan fingerprint density at radius 2 is 1.88 bits per heavy atom. The molecule has 2 heterocycles. The van der Waals surface area contributed by atoms with Gasteiger partial charge in [0.1, 0.15) is 0 Å². The molecule has 0 aliphatic carbocycles. The molecule has 1 aliphatic rings. The molecule has 0 N–H and O–H groups in total. The Bertz CT molecular complexity index is 798. The Hall–Kier alpha value is -2.85. The average molecular weight is 355 g/mol. The van der Waals surface area contributed by atoms with Crippen LogP contribution >= 0.6 is 11.3 Å². The highest BCUT2D eigenvalue weighted by molar-refractivity contribution is 7.13. The van der Waals surface area contributed by atoms with E-state index in [-0.39, 0.29) is 5.91 Å². The van der Waals surface area contributed by atoms with Crippen molar-refractivity contribution in [1.29, 1.82) is 0 Å². The summed E-state index contributed by atoms with van der Waals surface area (Å²) in [5.74, 6) is 4.94. The van der Waals surface area contributed by atoms with Crippen LogP contribution in [0.3, 0.4) is 0 Å². The molecular formula is C18H17N3O3S. The maximum Gasteiger partial charge on any atom is 0.337 e. The minimum atomic E-state index is -0.395. The van der Waals surface area contributed by atoms with Crippen molar-refractivity contribution in [3.8, 4) is 11.8 Å². The molecule has 1 aromatic carbocycles. The molecule has 1 aromatic heterocycles. The molecule has 1 amide bonds. The third kappa shape index (κ3) is 4.17. The van der Waals surface area contributed by atoms with Gasteiger partial charge in [0.2, 0.25) is 0 Å². The first-order valence-electron chi connectivity index (χ1n) is 7.81. The fraction of sp³-hybridized carbons (Fsp3) is 0.278. The van der Waals surface area contributed by atoms with E-state index in [0.29, 0.717) is 24.2 Å².